The Bertz CT molecular complexity index is 515. The van der Waals surface area contributed by atoms with E-state index >= 15 is 0 Å². The number of hydrogen-bond acceptors (Lipinski definition) is 4. The molecule has 0 aliphatic carbocycles. The van der Waals surface area contributed by atoms with Gasteiger partial charge in [0, 0.05) is 12.4 Å². The number of nitrogens with zero attached hydrogens (tertiary/aromatic N) is 2. The van der Waals surface area contributed by atoms with Gasteiger partial charge in [-0.3, -0.25) is 9.78 Å². The Morgan fingerprint density at radius 1 is 1.38 bits per heavy atom. The number of nitrogens with one attached hydrogen (secondary N) is 1. The van der Waals surface area contributed by atoms with Crippen LogP contribution in [-0.2, 0) is 0 Å². The second-order valence-corrected chi connectivity index (χ2v) is 6.53. The summed E-state index contributed by atoms with van der Waals surface area (Å²) in [5.74, 6) is 0.219. The first-order valence-electron chi connectivity index (χ1n) is 4.19. The number of thiophene rings is 1. The quantitative estimate of drug-likeness (QED) is 0.891. The molecule has 0 spiro atoms. The van der Waals surface area contributed by atoms with E-state index in [-0.39, 0.29) is 5.91 Å². The third kappa shape index (κ3) is 2.66. The van der Waals surface area contributed by atoms with E-state index in [1.165, 1.54) is 23.7 Å². The zero-order chi connectivity index (χ0) is 11.5. The van der Waals surface area contributed by atoms with Crippen molar-refractivity contribution in [1.82, 2.24) is 9.97 Å². The van der Waals surface area contributed by atoms with Gasteiger partial charge in [-0.05, 0) is 37.9 Å². The van der Waals surface area contributed by atoms with Gasteiger partial charge in [0.05, 0.1) is 19.3 Å². The molecule has 7 heteroatoms. The normalized spacial score (nSPS) is 10.1. The molecular weight excluding hydrogens is 358 g/mol. The van der Waals surface area contributed by atoms with Crippen molar-refractivity contribution in [2.45, 2.75) is 0 Å². The summed E-state index contributed by atoms with van der Waals surface area (Å²) in [5, 5.41) is 2.66. The van der Waals surface area contributed by atoms with Crippen molar-refractivity contribution in [3.63, 3.8) is 0 Å². The Hall–Kier alpha value is -0.790. The number of rotatable bonds is 2. The van der Waals surface area contributed by atoms with E-state index in [2.05, 4.69) is 47.1 Å². The second-order valence-electron chi connectivity index (χ2n) is 2.78. The topological polar surface area (TPSA) is 54.9 Å². The van der Waals surface area contributed by atoms with Crippen molar-refractivity contribution in [1.29, 1.82) is 0 Å². The molecule has 2 heterocycles. The molecule has 0 fully saturated rings. The smallest absolute Gasteiger partial charge is 0.258 e. The molecule has 2 rings (SSSR count). The minimum absolute atomic E-state index is 0.214. The maximum Gasteiger partial charge on any atom is 0.258 e. The highest BCUT2D eigenvalue weighted by Gasteiger charge is 2.13. The molecule has 0 atom stereocenters. The number of anilines is 1. The van der Waals surface area contributed by atoms with E-state index in [1.54, 1.807) is 12.3 Å². The van der Waals surface area contributed by atoms with Gasteiger partial charge in [0.2, 0.25) is 0 Å². The van der Waals surface area contributed by atoms with E-state index in [9.17, 15) is 4.79 Å². The Labute approximate surface area is 112 Å². The van der Waals surface area contributed by atoms with E-state index < -0.39 is 0 Å². The summed E-state index contributed by atoms with van der Waals surface area (Å²) >= 11 is 8.08. The largest absolute Gasteiger partial charge is 0.305 e. The molecule has 4 nitrogen and oxygen atoms in total. The Morgan fingerprint density at radius 2 is 2.19 bits per heavy atom. The van der Waals surface area contributed by atoms with E-state index in [0.717, 1.165) is 7.57 Å². The van der Waals surface area contributed by atoms with E-state index in [4.69, 9.17) is 0 Å². The highest BCUT2D eigenvalue weighted by Crippen LogP contribution is 2.32. The Balaban J connectivity index is 2.18. The molecule has 1 N–H and O–H groups in total. The summed E-state index contributed by atoms with van der Waals surface area (Å²) in [5.41, 5.74) is 0.572. The van der Waals surface area contributed by atoms with Gasteiger partial charge in [0.15, 0.2) is 5.82 Å². The predicted octanol–water partition coefficient (Wildman–Crippen LogP) is 3.32. The van der Waals surface area contributed by atoms with Crippen LogP contribution in [-0.4, -0.2) is 15.9 Å². The third-order valence-corrected chi connectivity index (χ3v) is 4.05. The van der Waals surface area contributed by atoms with Crippen molar-refractivity contribution in [2.75, 3.05) is 5.32 Å². The zero-order valence-electron chi connectivity index (χ0n) is 7.78. The molecular formula is C9H5Br2N3OS. The number of amides is 1. The summed E-state index contributed by atoms with van der Waals surface area (Å²) < 4.78 is 1.67. The maximum atomic E-state index is 11.8. The van der Waals surface area contributed by atoms with Crippen molar-refractivity contribution in [2.24, 2.45) is 0 Å². The van der Waals surface area contributed by atoms with Crippen LogP contribution in [0.3, 0.4) is 0 Å². The van der Waals surface area contributed by atoms with Crippen LogP contribution in [0, 0.1) is 0 Å². The van der Waals surface area contributed by atoms with Crippen molar-refractivity contribution in [3.8, 4) is 0 Å². The van der Waals surface area contributed by atoms with Gasteiger partial charge in [0.1, 0.15) is 0 Å². The Morgan fingerprint density at radius 3 is 2.75 bits per heavy atom. The lowest BCUT2D eigenvalue weighted by molar-refractivity contribution is 0.102. The number of aromatic nitrogens is 2. The van der Waals surface area contributed by atoms with Crippen molar-refractivity contribution < 1.29 is 4.79 Å². The van der Waals surface area contributed by atoms with Gasteiger partial charge in [0.25, 0.3) is 5.91 Å². The van der Waals surface area contributed by atoms with Gasteiger partial charge in [-0.25, -0.2) is 4.98 Å². The number of halogens is 2. The van der Waals surface area contributed by atoms with Gasteiger partial charge in [-0.2, -0.15) is 0 Å². The number of carbonyl (C=O) groups is 1. The van der Waals surface area contributed by atoms with Crippen LogP contribution >= 0.6 is 43.2 Å². The Kier molecular flexibility index (Phi) is 3.67. The molecule has 2 aromatic rings. The molecule has 2 aromatic heterocycles. The molecule has 82 valence electrons. The monoisotopic (exact) mass is 361 g/mol. The molecule has 16 heavy (non-hydrogen) atoms. The lowest BCUT2D eigenvalue weighted by Gasteiger charge is -2.01. The van der Waals surface area contributed by atoms with Gasteiger partial charge < -0.3 is 5.32 Å². The molecule has 1 amide bonds. The van der Waals surface area contributed by atoms with Crippen LogP contribution in [0.25, 0.3) is 0 Å². The first-order chi connectivity index (χ1) is 7.66. The minimum atomic E-state index is -0.214. The van der Waals surface area contributed by atoms with Crippen LogP contribution in [0.15, 0.2) is 32.2 Å². The molecule has 0 bridgehead atoms. The van der Waals surface area contributed by atoms with Crippen molar-refractivity contribution in [3.05, 3.63) is 37.8 Å². The van der Waals surface area contributed by atoms with Crippen LogP contribution in [0.1, 0.15) is 10.4 Å². The molecule has 0 saturated carbocycles. The number of hydrogen-bond donors (Lipinski definition) is 1. The SMILES string of the molecule is O=C(Nc1cnccn1)c1cc(Br)sc1Br. The van der Waals surface area contributed by atoms with Gasteiger partial charge >= 0.3 is 0 Å². The fourth-order valence-corrected chi connectivity index (χ4v) is 3.84. The molecule has 0 aliphatic heterocycles. The van der Waals surface area contributed by atoms with Crippen molar-refractivity contribution >= 4 is 54.9 Å². The molecule has 0 aromatic carbocycles. The van der Waals surface area contributed by atoms with Crippen LogP contribution in [0.5, 0.6) is 0 Å². The summed E-state index contributed by atoms with van der Waals surface area (Å²) in [6.07, 6.45) is 4.56. The summed E-state index contributed by atoms with van der Waals surface area (Å²) in [4.78, 5) is 19.7. The first kappa shape index (κ1) is 11.7. The summed E-state index contributed by atoms with van der Waals surface area (Å²) in [6.45, 7) is 0. The lowest BCUT2D eigenvalue weighted by Crippen LogP contribution is -2.12. The average molecular weight is 363 g/mol. The summed E-state index contributed by atoms with van der Waals surface area (Å²) in [7, 11) is 0. The molecule has 0 radical (unpaired) electrons. The van der Waals surface area contributed by atoms with E-state index in [0.29, 0.717) is 11.4 Å². The number of carbonyl (C=O) groups excluding carboxylic acids is 1. The van der Waals surface area contributed by atoms with Crippen LogP contribution in [0.4, 0.5) is 5.82 Å². The van der Waals surface area contributed by atoms with Crippen LogP contribution in [0.2, 0.25) is 0 Å². The predicted molar refractivity (Wildman–Crippen MR) is 69.7 cm³/mol. The third-order valence-electron chi connectivity index (χ3n) is 1.71. The first-order valence-corrected chi connectivity index (χ1v) is 6.59. The summed E-state index contributed by atoms with van der Waals surface area (Å²) in [6, 6.07) is 1.75. The lowest BCUT2D eigenvalue weighted by atomic mass is 10.3. The molecule has 0 saturated heterocycles. The zero-order valence-corrected chi connectivity index (χ0v) is 11.8. The fourth-order valence-electron chi connectivity index (χ4n) is 1.04. The highest BCUT2D eigenvalue weighted by molar-refractivity contribution is 9.12. The second kappa shape index (κ2) is 5.03. The van der Waals surface area contributed by atoms with Gasteiger partial charge in [-0.1, -0.05) is 0 Å². The van der Waals surface area contributed by atoms with Gasteiger partial charge in [-0.15, -0.1) is 11.3 Å². The molecule has 0 aliphatic rings. The van der Waals surface area contributed by atoms with E-state index in [1.807, 2.05) is 0 Å². The van der Waals surface area contributed by atoms with Crippen LogP contribution < -0.4 is 5.32 Å². The minimum Gasteiger partial charge on any atom is -0.305 e. The standard InChI is InChI=1S/C9H5Br2N3OS/c10-6-3-5(8(11)16-6)9(15)14-7-4-12-1-2-13-7/h1-4H,(H,13,14,15). The maximum absolute atomic E-state index is 11.8. The average Bonchev–Trinajstić information content (AvgIpc) is 2.59. The molecule has 0 unspecified atom stereocenters. The highest BCUT2D eigenvalue weighted by atomic mass is 79.9. The fraction of sp³-hybridized carbons (Fsp3) is 0.